The maximum Gasteiger partial charge on any atom is 0.251 e. The number of para-hydroxylation sites is 1. The van der Waals surface area contributed by atoms with Gasteiger partial charge in [-0.1, -0.05) is 18.2 Å². The van der Waals surface area contributed by atoms with Crippen molar-refractivity contribution < 1.29 is 8.83 Å². The lowest BCUT2D eigenvalue weighted by atomic mass is 10.2. The first kappa shape index (κ1) is 11.9. The topological polar surface area (TPSA) is 64.1 Å². The Bertz CT molecular complexity index is 672. The van der Waals surface area contributed by atoms with Crippen LogP contribution in [0.5, 0.6) is 0 Å². The average Bonchev–Trinajstić information content (AvgIpc) is 3.05. The third-order valence-corrected chi connectivity index (χ3v) is 3.00. The highest BCUT2D eigenvalue weighted by atomic mass is 16.4. The second-order valence-corrected chi connectivity index (χ2v) is 4.35. The zero-order valence-corrected chi connectivity index (χ0v) is 10.7. The minimum absolute atomic E-state index is 0.518. The molecule has 0 aliphatic rings. The van der Waals surface area contributed by atoms with Gasteiger partial charge in [0.25, 0.3) is 5.89 Å². The number of nitrogens with zero attached hydrogens (tertiary/aromatic N) is 2. The first-order valence-electron chi connectivity index (χ1n) is 6.32. The van der Waals surface area contributed by atoms with Crippen LogP contribution in [0.2, 0.25) is 0 Å². The first-order chi connectivity index (χ1) is 9.38. The quantitative estimate of drug-likeness (QED) is 0.712. The van der Waals surface area contributed by atoms with Crippen molar-refractivity contribution in [1.82, 2.24) is 15.5 Å². The normalized spacial score (nSPS) is 11.2. The molecule has 0 fully saturated rings. The molecule has 1 aromatic carbocycles. The Morgan fingerprint density at radius 3 is 3.00 bits per heavy atom. The highest BCUT2D eigenvalue weighted by Crippen LogP contribution is 2.29. The summed E-state index contributed by atoms with van der Waals surface area (Å²) in [5.41, 5.74) is 1.68. The van der Waals surface area contributed by atoms with Crippen LogP contribution in [0.25, 0.3) is 22.4 Å². The van der Waals surface area contributed by atoms with E-state index in [9.17, 15) is 0 Å². The van der Waals surface area contributed by atoms with Gasteiger partial charge in [0.05, 0.1) is 5.56 Å². The van der Waals surface area contributed by atoms with Gasteiger partial charge in [-0.25, -0.2) is 0 Å². The molecular formula is C14H15N3O2. The summed E-state index contributed by atoms with van der Waals surface area (Å²) in [6.45, 7) is 0.937. The standard InChI is InChI=1S/C14H15N3O2/c1-15-8-4-7-13-16-17-14(19-13)11-9-18-12-6-3-2-5-10(11)12/h2-3,5-6,9,15H,4,7-8H2,1H3. The van der Waals surface area contributed by atoms with E-state index in [1.165, 1.54) is 0 Å². The van der Waals surface area contributed by atoms with Gasteiger partial charge in [-0.3, -0.25) is 0 Å². The van der Waals surface area contributed by atoms with Gasteiger partial charge in [0.1, 0.15) is 11.8 Å². The molecule has 0 amide bonds. The van der Waals surface area contributed by atoms with Gasteiger partial charge < -0.3 is 14.2 Å². The predicted octanol–water partition coefficient (Wildman–Crippen LogP) is 2.63. The average molecular weight is 257 g/mol. The minimum atomic E-state index is 0.518. The molecule has 98 valence electrons. The predicted molar refractivity (Wildman–Crippen MR) is 71.8 cm³/mol. The van der Waals surface area contributed by atoms with Crippen molar-refractivity contribution in [3.63, 3.8) is 0 Å². The first-order valence-corrected chi connectivity index (χ1v) is 6.32. The van der Waals surface area contributed by atoms with Crippen molar-refractivity contribution in [1.29, 1.82) is 0 Å². The van der Waals surface area contributed by atoms with E-state index in [-0.39, 0.29) is 0 Å². The Kier molecular flexibility index (Phi) is 3.29. The van der Waals surface area contributed by atoms with Crippen LogP contribution in [-0.4, -0.2) is 23.8 Å². The van der Waals surface area contributed by atoms with Crippen molar-refractivity contribution in [2.75, 3.05) is 13.6 Å². The highest BCUT2D eigenvalue weighted by Gasteiger charge is 2.14. The van der Waals surface area contributed by atoms with Gasteiger partial charge in [0.2, 0.25) is 5.89 Å². The summed E-state index contributed by atoms with van der Waals surface area (Å²) < 4.78 is 11.1. The largest absolute Gasteiger partial charge is 0.463 e. The zero-order chi connectivity index (χ0) is 13.1. The minimum Gasteiger partial charge on any atom is -0.463 e. The van der Waals surface area contributed by atoms with E-state index in [1.54, 1.807) is 6.26 Å². The summed E-state index contributed by atoms with van der Waals surface area (Å²) in [7, 11) is 1.93. The number of rotatable bonds is 5. The number of benzene rings is 1. The molecule has 0 atom stereocenters. The highest BCUT2D eigenvalue weighted by molar-refractivity contribution is 5.91. The Morgan fingerprint density at radius 2 is 2.11 bits per heavy atom. The maximum absolute atomic E-state index is 5.67. The van der Waals surface area contributed by atoms with E-state index in [0.717, 1.165) is 35.9 Å². The van der Waals surface area contributed by atoms with E-state index >= 15 is 0 Å². The number of nitrogens with one attached hydrogen (secondary N) is 1. The number of hydrogen-bond acceptors (Lipinski definition) is 5. The number of hydrogen-bond donors (Lipinski definition) is 1. The Hall–Kier alpha value is -2.14. The number of aryl methyl sites for hydroxylation is 1. The number of fused-ring (bicyclic) bond motifs is 1. The molecular weight excluding hydrogens is 242 g/mol. The summed E-state index contributed by atoms with van der Waals surface area (Å²) in [5.74, 6) is 1.18. The van der Waals surface area contributed by atoms with E-state index in [2.05, 4.69) is 15.5 Å². The van der Waals surface area contributed by atoms with Crippen molar-refractivity contribution in [3.05, 3.63) is 36.4 Å². The van der Waals surface area contributed by atoms with Crippen molar-refractivity contribution >= 4 is 11.0 Å². The Morgan fingerprint density at radius 1 is 1.21 bits per heavy atom. The Balaban J connectivity index is 1.86. The molecule has 0 saturated heterocycles. The lowest BCUT2D eigenvalue weighted by molar-refractivity contribution is 0.494. The fourth-order valence-corrected chi connectivity index (χ4v) is 2.02. The summed E-state index contributed by atoms with van der Waals surface area (Å²) >= 11 is 0. The van der Waals surface area contributed by atoms with E-state index in [0.29, 0.717) is 11.8 Å². The van der Waals surface area contributed by atoms with Crippen molar-refractivity contribution in [2.24, 2.45) is 0 Å². The van der Waals surface area contributed by atoms with Gasteiger partial charge >= 0.3 is 0 Å². The maximum atomic E-state index is 5.67. The van der Waals surface area contributed by atoms with Crippen LogP contribution in [0.3, 0.4) is 0 Å². The summed E-state index contributed by atoms with van der Waals surface area (Å²) in [4.78, 5) is 0. The van der Waals surface area contributed by atoms with Gasteiger partial charge in [-0.15, -0.1) is 10.2 Å². The third-order valence-electron chi connectivity index (χ3n) is 3.00. The molecule has 3 aromatic rings. The number of furan rings is 1. The molecule has 0 saturated carbocycles. The van der Waals surface area contributed by atoms with Gasteiger partial charge in [-0.2, -0.15) is 0 Å². The smallest absolute Gasteiger partial charge is 0.251 e. The van der Waals surface area contributed by atoms with Crippen LogP contribution in [0, 0.1) is 0 Å². The summed E-state index contributed by atoms with van der Waals surface area (Å²) in [5, 5.41) is 12.2. The molecule has 0 aliphatic heterocycles. The SMILES string of the molecule is CNCCCc1nnc(-c2coc3ccccc23)o1. The fraction of sp³-hybridized carbons (Fsp3) is 0.286. The van der Waals surface area contributed by atoms with Crippen LogP contribution in [0.15, 0.2) is 39.4 Å². The number of aromatic nitrogens is 2. The van der Waals surface area contributed by atoms with E-state index in [4.69, 9.17) is 8.83 Å². The van der Waals surface area contributed by atoms with Gasteiger partial charge in [0, 0.05) is 11.8 Å². The zero-order valence-electron chi connectivity index (χ0n) is 10.7. The molecule has 0 bridgehead atoms. The lowest BCUT2D eigenvalue weighted by Gasteiger charge is -1.94. The molecule has 5 heteroatoms. The summed E-state index contributed by atoms with van der Waals surface area (Å²) in [6, 6.07) is 7.81. The van der Waals surface area contributed by atoms with Gasteiger partial charge in [0.15, 0.2) is 0 Å². The molecule has 2 aromatic heterocycles. The monoisotopic (exact) mass is 257 g/mol. The molecule has 5 nitrogen and oxygen atoms in total. The lowest BCUT2D eigenvalue weighted by Crippen LogP contribution is -2.08. The molecule has 1 N–H and O–H groups in total. The van der Waals surface area contributed by atoms with E-state index in [1.807, 2.05) is 31.3 Å². The molecule has 0 aliphatic carbocycles. The van der Waals surface area contributed by atoms with Crippen LogP contribution in [0.4, 0.5) is 0 Å². The molecule has 0 unspecified atom stereocenters. The van der Waals surface area contributed by atoms with Crippen LogP contribution >= 0.6 is 0 Å². The molecule has 0 radical (unpaired) electrons. The molecule has 19 heavy (non-hydrogen) atoms. The van der Waals surface area contributed by atoms with Crippen LogP contribution < -0.4 is 5.32 Å². The molecule has 2 heterocycles. The molecule has 3 rings (SSSR count). The van der Waals surface area contributed by atoms with Crippen LogP contribution in [-0.2, 0) is 6.42 Å². The summed E-state index contributed by atoms with van der Waals surface area (Å²) in [6.07, 6.45) is 3.42. The Labute approximate surface area is 110 Å². The third kappa shape index (κ3) is 2.37. The van der Waals surface area contributed by atoms with Crippen molar-refractivity contribution in [3.8, 4) is 11.5 Å². The van der Waals surface area contributed by atoms with E-state index < -0.39 is 0 Å². The van der Waals surface area contributed by atoms with Gasteiger partial charge in [-0.05, 0) is 26.1 Å². The fourth-order valence-electron chi connectivity index (χ4n) is 2.02. The van der Waals surface area contributed by atoms with Crippen LogP contribution in [0.1, 0.15) is 12.3 Å². The second-order valence-electron chi connectivity index (χ2n) is 4.35. The van der Waals surface area contributed by atoms with Crippen molar-refractivity contribution in [2.45, 2.75) is 12.8 Å². The molecule has 0 spiro atoms. The second kappa shape index (κ2) is 5.24.